The van der Waals surface area contributed by atoms with E-state index in [1.54, 1.807) is 4.68 Å². The second-order valence-corrected chi connectivity index (χ2v) is 6.95. The number of Topliss-reactive ketones (excluding diaryl/α,β-unsaturated/α-hetero) is 1. The summed E-state index contributed by atoms with van der Waals surface area (Å²) >= 11 is 0. The second kappa shape index (κ2) is 7.34. The van der Waals surface area contributed by atoms with Crippen molar-refractivity contribution in [2.45, 2.75) is 46.7 Å². The first-order chi connectivity index (χ1) is 12.8. The zero-order valence-corrected chi connectivity index (χ0v) is 16.4. The van der Waals surface area contributed by atoms with Crippen LogP contribution in [0.3, 0.4) is 0 Å². The van der Waals surface area contributed by atoms with Gasteiger partial charge in [0.2, 0.25) is 5.91 Å². The molecule has 1 atom stereocenters. The van der Waals surface area contributed by atoms with Gasteiger partial charge in [-0.05, 0) is 39.8 Å². The summed E-state index contributed by atoms with van der Waals surface area (Å²) in [5.41, 5.74) is 4.09. The van der Waals surface area contributed by atoms with Crippen LogP contribution in [0.2, 0.25) is 0 Å². The van der Waals surface area contributed by atoms with Crippen LogP contribution in [0.25, 0.3) is 11.0 Å². The molecule has 0 radical (unpaired) electrons. The summed E-state index contributed by atoms with van der Waals surface area (Å²) in [7, 11) is 1.94. The first kappa shape index (κ1) is 18.8. The molecule has 1 aromatic carbocycles. The van der Waals surface area contributed by atoms with Crippen molar-refractivity contribution in [1.29, 1.82) is 0 Å². The number of fused-ring (bicyclic) bond motifs is 1. The van der Waals surface area contributed by atoms with Gasteiger partial charge in [-0.1, -0.05) is 12.1 Å². The number of aryl methyl sites for hydroxylation is 2. The number of nitrogens with zero attached hydrogens (tertiary/aromatic N) is 4. The van der Waals surface area contributed by atoms with E-state index in [9.17, 15) is 9.59 Å². The van der Waals surface area contributed by atoms with Crippen LogP contribution in [0.15, 0.2) is 24.3 Å². The van der Waals surface area contributed by atoms with Gasteiger partial charge in [0.1, 0.15) is 5.82 Å². The molecule has 3 rings (SSSR count). The van der Waals surface area contributed by atoms with Gasteiger partial charge in [0.05, 0.1) is 34.9 Å². The summed E-state index contributed by atoms with van der Waals surface area (Å²) in [5.74, 6) is 0.725. The fourth-order valence-electron chi connectivity index (χ4n) is 3.56. The predicted octanol–water partition coefficient (Wildman–Crippen LogP) is 2.86. The monoisotopic (exact) mass is 367 g/mol. The van der Waals surface area contributed by atoms with Gasteiger partial charge in [0.25, 0.3) is 0 Å². The fraction of sp³-hybridized carbons (Fsp3) is 0.400. The standard InChI is InChI=1S/C20H25N5O2/c1-12(25-14(3)20(15(4)26)13(2)23-25)10-19(27)21-11-18-22-16-8-6-7-9-17(16)24(18)5/h6-9,12H,10-11H2,1-5H3,(H,21,27). The molecule has 1 N–H and O–H groups in total. The number of amides is 1. The molecule has 0 bridgehead atoms. The second-order valence-electron chi connectivity index (χ2n) is 6.95. The van der Waals surface area contributed by atoms with Gasteiger partial charge in [-0.3, -0.25) is 14.3 Å². The fourth-order valence-corrected chi connectivity index (χ4v) is 3.56. The van der Waals surface area contributed by atoms with Crippen molar-refractivity contribution in [2.75, 3.05) is 0 Å². The van der Waals surface area contributed by atoms with Crippen LogP contribution in [-0.4, -0.2) is 31.0 Å². The molecular weight excluding hydrogens is 342 g/mol. The zero-order valence-electron chi connectivity index (χ0n) is 16.4. The molecule has 1 amide bonds. The first-order valence-electron chi connectivity index (χ1n) is 9.03. The molecule has 142 valence electrons. The minimum Gasteiger partial charge on any atom is -0.349 e. The van der Waals surface area contributed by atoms with Crippen LogP contribution in [0.1, 0.15) is 53.9 Å². The molecule has 0 aliphatic rings. The maximum Gasteiger partial charge on any atom is 0.222 e. The lowest BCUT2D eigenvalue weighted by molar-refractivity contribution is -0.122. The van der Waals surface area contributed by atoms with E-state index in [2.05, 4.69) is 15.4 Å². The van der Waals surface area contributed by atoms with Crippen LogP contribution in [0, 0.1) is 13.8 Å². The quantitative estimate of drug-likeness (QED) is 0.679. The average Bonchev–Trinajstić information content (AvgIpc) is 3.10. The molecule has 2 aromatic heterocycles. The van der Waals surface area contributed by atoms with Gasteiger partial charge in [0.15, 0.2) is 5.78 Å². The molecule has 7 heteroatoms. The van der Waals surface area contributed by atoms with Gasteiger partial charge < -0.3 is 9.88 Å². The molecule has 0 saturated carbocycles. The highest BCUT2D eigenvalue weighted by molar-refractivity contribution is 5.96. The first-order valence-corrected chi connectivity index (χ1v) is 9.03. The van der Waals surface area contributed by atoms with Gasteiger partial charge in [0, 0.05) is 19.2 Å². The minimum atomic E-state index is -0.141. The molecule has 0 aliphatic carbocycles. The number of nitrogens with one attached hydrogen (secondary N) is 1. The third-order valence-electron chi connectivity index (χ3n) is 4.90. The van der Waals surface area contributed by atoms with Gasteiger partial charge in [-0.25, -0.2) is 4.98 Å². The Bertz CT molecular complexity index is 1010. The number of hydrogen-bond donors (Lipinski definition) is 1. The molecule has 3 aromatic rings. The van der Waals surface area contributed by atoms with E-state index in [0.29, 0.717) is 17.8 Å². The van der Waals surface area contributed by atoms with Crippen molar-refractivity contribution in [3.8, 4) is 0 Å². The van der Waals surface area contributed by atoms with E-state index in [-0.39, 0.29) is 24.2 Å². The largest absolute Gasteiger partial charge is 0.349 e. The normalized spacial score (nSPS) is 12.3. The van der Waals surface area contributed by atoms with Gasteiger partial charge >= 0.3 is 0 Å². The summed E-state index contributed by atoms with van der Waals surface area (Å²) in [6.07, 6.45) is 0.281. The van der Waals surface area contributed by atoms with Crippen molar-refractivity contribution < 1.29 is 9.59 Å². The third-order valence-corrected chi connectivity index (χ3v) is 4.90. The highest BCUT2D eigenvalue weighted by atomic mass is 16.1. The number of ketones is 1. The Kier molecular flexibility index (Phi) is 5.12. The van der Waals surface area contributed by atoms with E-state index in [1.807, 2.05) is 56.7 Å². The number of benzene rings is 1. The molecule has 7 nitrogen and oxygen atoms in total. The van der Waals surface area contributed by atoms with E-state index >= 15 is 0 Å². The SMILES string of the molecule is CC(=O)c1c(C)nn(C(C)CC(=O)NCc2nc3ccccc3n2C)c1C. The van der Waals surface area contributed by atoms with E-state index in [4.69, 9.17) is 0 Å². The number of aromatic nitrogens is 4. The summed E-state index contributed by atoms with van der Waals surface area (Å²) in [5, 5.41) is 7.38. The Morgan fingerprint density at radius 1 is 1.22 bits per heavy atom. The van der Waals surface area contributed by atoms with Crippen LogP contribution >= 0.6 is 0 Å². The molecule has 0 spiro atoms. The zero-order chi connectivity index (χ0) is 19.7. The van der Waals surface area contributed by atoms with E-state index in [0.717, 1.165) is 22.6 Å². The number of hydrogen-bond acceptors (Lipinski definition) is 4. The van der Waals surface area contributed by atoms with Crippen molar-refractivity contribution in [1.82, 2.24) is 24.6 Å². The van der Waals surface area contributed by atoms with Crippen LogP contribution < -0.4 is 5.32 Å². The number of carbonyl (C=O) groups is 2. The Morgan fingerprint density at radius 3 is 2.56 bits per heavy atom. The highest BCUT2D eigenvalue weighted by Crippen LogP contribution is 2.20. The maximum absolute atomic E-state index is 12.4. The lowest BCUT2D eigenvalue weighted by Gasteiger charge is -2.14. The van der Waals surface area contributed by atoms with Crippen molar-refractivity contribution in [3.05, 3.63) is 47.0 Å². The van der Waals surface area contributed by atoms with E-state index in [1.165, 1.54) is 6.92 Å². The Balaban J connectivity index is 1.66. The van der Waals surface area contributed by atoms with Crippen molar-refractivity contribution in [2.24, 2.45) is 7.05 Å². The summed E-state index contributed by atoms with van der Waals surface area (Å²) in [4.78, 5) is 28.7. The molecular formula is C20H25N5O2. The molecule has 0 fully saturated rings. The number of imidazole rings is 1. The third kappa shape index (κ3) is 3.63. The molecule has 0 aliphatic heterocycles. The Labute approximate surface area is 158 Å². The van der Waals surface area contributed by atoms with Gasteiger partial charge in [-0.15, -0.1) is 0 Å². The lowest BCUT2D eigenvalue weighted by atomic mass is 10.1. The number of carbonyl (C=O) groups excluding carboxylic acids is 2. The molecule has 2 heterocycles. The molecule has 1 unspecified atom stereocenters. The number of rotatable bonds is 6. The topological polar surface area (TPSA) is 81.8 Å². The van der Waals surface area contributed by atoms with Crippen LogP contribution in [0.5, 0.6) is 0 Å². The highest BCUT2D eigenvalue weighted by Gasteiger charge is 2.20. The van der Waals surface area contributed by atoms with Crippen LogP contribution in [-0.2, 0) is 18.4 Å². The Hall–Kier alpha value is -2.96. The average molecular weight is 367 g/mol. The predicted molar refractivity (Wildman–Crippen MR) is 104 cm³/mol. The summed E-state index contributed by atoms with van der Waals surface area (Å²) in [6, 6.07) is 7.74. The lowest BCUT2D eigenvalue weighted by Crippen LogP contribution is -2.27. The summed E-state index contributed by atoms with van der Waals surface area (Å²) in [6.45, 7) is 7.52. The summed E-state index contributed by atoms with van der Waals surface area (Å²) < 4.78 is 3.75. The van der Waals surface area contributed by atoms with Gasteiger partial charge in [-0.2, -0.15) is 5.10 Å². The smallest absolute Gasteiger partial charge is 0.222 e. The van der Waals surface area contributed by atoms with Crippen LogP contribution in [0.4, 0.5) is 0 Å². The van der Waals surface area contributed by atoms with Crippen molar-refractivity contribution >= 4 is 22.7 Å². The Morgan fingerprint density at radius 2 is 1.93 bits per heavy atom. The minimum absolute atomic E-state index is 0.00486. The molecule has 0 saturated heterocycles. The maximum atomic E-state index is 12.4. The number of para-hydroxylation sites is 2. The molecule has 27 heavy (non-hydrogen) atoms. The van der Waals surface area contributed by atoms with E-state index < -0.39 is 0 Å². The van der Waals surface area contributed by atoms with Crippen molar-refractivity contribution in [3.63, 3.8) is 0 Å².